The maximum Gasteiger partial charge on any atom is 0.0344 e. The molecule has 0 bridgehead atoms. The standard InChI is InChI=1S/C7H13Cl/c1-4-6(2)5-7(3)8/h7H,2,4-5H2,1,3H3. The number of hydrogen-bond acceptors (Lipinski definition) is 0. The molecule has 0 saturated heterocycles. The van der Waals surface area contributed by atoms with Crippen molar-refractivity contribution in [3.8, 4) is 0 Å². The summed E-state index contributed by atoms with van der Waals surface area (Å²) in [6.07, 6.45) is 2.01. The van der Waals surface area contributed by atoms with E-state index in [1.165, 1.54) is 5.57 Å². The summed E-state index contributed by atoms with van der Waals surface area (Å²) in [5.74, 6) is 0. The van der Waals surface area contributed by atoms with E-state index >= 15 is 0 Å². The molecule has 0 aromatic heterocycles. The summed E-state index contributed by atoms with van der Waals surface area (Å²) in [6, 6.07) is 0. The van der Waals surface area contributed by atoms with Gasteiger partial charge in [-0.15, -0.1) is 11.6 Å². The van der Waals surface area contributed by atoms with E-state index in [1.54, 1.807) is 0 Å². The van der Waals surface area contributed by atoms with E-state index in [9.17, 15) is 0 Å². The van der Waals surface area contributed by atoms with Crippen LogP contribution in [0.2, 0.25) is 0 Å². The Kier molecular flexibility index (Phi) is 3.98. The summed E-state index contributed by atoms with van der Waals surface area (Å²) in [4.78, 5) is 0. The summed E-state index contributed by atoms with van der Waals surface area (Å²) in [5, 5.41) is 0.252. The highest BCUT2D eigenvalue weighted by Crippen LogP contribution is 2.10. The summed E-state index contributed by atoms with van der Waals surface area (Å²) in [5.41, 5.74) is 1.24. The van der Waals surface area contributed by atoms with E-state index in [-0.39, 0.29) is 5.38 Å². The maximum absolute atomic E-state index is 5.69. The van der Waals surface area contributed by atoms with Gasteiger partial charge in [-0.3, -0.25) is 0 Å². The Bertz CT molecular complexity index is 74.5. The van der Waals surface area contributed by atoms with Gasteiger partial charge in [-0.1, -0.05) is 19.1 Å². The Morgan fingerprint density at radius 2 is 2.25 bits per heavy atom. The van der Waals surface area contributed by atoms with Crippen LogP contribution in [-0.4, -0.2) is 5.38 Å². The van der Waals surface area contributed by atoms with Crippen LogP contribution in [0, 0.1) is 0 Å². The third-order valence-corrected chi connectivity index (χ3v) is 1.22. The highest BCUT2D eigenvalue weighted by atomic mass is 35.5. The molecule has 0 spiro atoms. The van der Waals surface area contributed by atoms with Crippen molar-refractivity contribution in [3.05, 3.63) is 12.2 Å². The molecule has 0 aliphatic rings. The SMILES string of the molecule is C=C(CC)CC(C)Cl. The molecule has 1 unspecified atom stereocenters. The molecular formula is C7H13Cl. The van der Waals surface area contributed by atoms with Gasteiger partial charge in [-0.25, -0.2) is 0 Å². The number of alkyl halides is 1. The van der Waals surface area contributed by atoms with Gasteiger partial charge in [-0.05, 0) is 19.8 Å². The summed E-state index contributed by atoms with van der Waals surface area (Å²) >= 11 is 5.69. The van der Waals surface area contributed by atoms with Crippen LogP contribution in [0.1, 0.15) is 26.7 Å². The molecule has 0 fully saturated rings. The number of halogens is 1. The van der Waals surface area contributed by atoms with Crippen molar-refractivity contribution in [1.82, 2.24) is 0 Å². The fraction of sp³-hybridized carbons (Fsp3) is 0.714. The second-order valence-corrected chi connectivity index (χ2v) is 2.83. The fourth-order valence-corrected chi connectivity index (χ4v) is 0.760. The molecule has 0 saturated carbocycles. The van der Waals surface area contributed by atoms with Gasteiger partial charge in [-0.2, -0.15) is 0 Å². The first kappa shape index (κ1) is 8.03. The minimum atomic E-state index is 0.252. The topological polar surface area (TPSA) is 0 Å². The lowest BCUT2D eigenvalue weighted by molar-refractivity contribution is 0.871. The van der Waals surface area contributed by atoms with Gasteiger partial charge >= 0.3 is 0 Å². The Morgan fingerprint density at radius 3 is 2.38 bits per heavy atom. The molecule has 1 atom stereocenters. The molecule has 0 aliphatic heterocycles. The van der Waals surface area contributed by atoms with E-state index in [1.807, 2.05) is 6.92 Å². The van der Waals surface area contributed by atoms with E-state index in [0.717, 1.165) is 12.8 Å². The molecule has 0 N–H and O–H groups in total. The molecule has 0 aromatic carbocycles. The lowest BCUT2D eigenvalue weighted by Crippen LogP contribution is -1.91. The zero-order valence-corrected chi connectivity index (χ0v) is 6.33. The lowest BCUT2D eigenvalue weighted by atomic mass is 10.1. The Balaban J connectivity index is 3.25. The van der Waals surface area contributed by atoms with Gasteiger partial charge in [0.1, 0.15) is 0 Å². The van der Waals surface area contributed by atoms with Gasteiger partial charge < -0.3 is 0 Å². The second-order valence-electron chi connectivity index (χ2n) is 2.09. The van der Waals surface area contributed by atoms with Crippen molar-refractivity contribution in [2.24, 2.45) is 0 Å². The number of allylic oxidation sites excluding steroid dienone is 1. The molecule has 8 heavy (non-hydrogen) atoms. The van der Waals surface area contributed by atoms with Gasteiger partial charge in [0.2, 0.25) is 0 Å². The lowest BCUT2D eigenvalue weighted by Gasteiger charge is -2.01. The molecule has 0 rings (SSSR count). The Hall–Kier alpha value is 0.0300. The molecule has 0 aliphatic carbocycles. The largest absolute Gasteiger partial charge is 0.123 e. The van der Waals surface area contributed by atoms with Crippen LogP contribution in [0.4, 0.5) is 0 Å². The molecule has 0 nitrogen and oxygen atoms in total. The predicted octanol–water partition coefficient (Wildman–Crippen LogP) is 2.97. The second kappa shape index (κ2) is 3.96. The highest BCUT2D eigenvalue weighted by Gasteiger charge is 1.96. The van der Waals surface area contributed by atoms with E-state index in [0.29, 0.717) is 0 Å². The highest BCUT2D eigenvalue weighted by molar-refractivity contribution is 6.20. The molecule has 1 heteroatoms. The molecular weight excluding hydrogens is 120 g/mol. The fourth-order valence-electron chi connectivity index (χ4n) is 0.542. The van der Waals surface area contributed by atoms with Crippen molar-refractivity contribution in [2.45, 2.75) is 32.1 Å². The third kappa shape index (κ3) is 4.20. The van der Waals surface area contributed by atoms with Crippen molar-refractivity contribution in [2.75, 3.05) is 0 Å². The normalized spacial score (nSPS) is 13.4. The van der Waals surface area contributed by atoms with E-state index in [2.05, 4.69) is 13.5 Å². The van der Waals surface area contributed by atoms with Crippen molar-refractivity contribution in [1.29, 1.82) is 0 Å². The Morgan fingerprint density at radius 1 is 1.75 bits per heavy atom. The van der Waals surface area contributed by atoms with Crippen LogP contribution in [0.25, 0.3) is 0 Å². The minimum absolute atomic E-state index is 0.252. The van der Waals surface area contributed by atoms with Crippen LogP contribution in [0.15, 0.2) is 12.2 Å². The smallest absolute Gasteiger partial charge is 0.0344 e. The van der Waals surface area contributed by atoms with E-state index in [4.69, 9.17) is 11.6 Å². The summed E-state index contributed by atoms with van der Waals surface area (Å²) in [6.45, 7) is 7.92. The number of rotatable bonds is 3. The first-order chi connectivity index (χ1) is 3.66. The summed E-state index contributed by atoms with van der Waals surface area (Å²) < 4.78 is 0. The summed E-state index contributed by atoms with van der Waals surface area (Å²) in [7, 11) is 0. The van der Waals surface area contributed by atoms with Gasteiger partial charge in [0.15, 0.2) is 0 Å². The Labute approximate surface area is 56.5 Å². The predicted molar refractivity (Wildman–Crippen MR) is 39.4 cm³/mol. The molecule has 0 radical (unpaired) electrons. The molecule has 0 aromatic rings. The van der Waals surface area contributed by atoms with Crippen LogP contribution < -0.4 is 0 Å². The zero-order valence-electron chi connectivity index (χ0n) is 5.58. The zero-order chi connectivity index (χ0) is 6.57. The quantitative estimate of drug-likeness (QED) is 0.409. The molecule has 0 amide bonds. The molecule has 48 valence electrons. The van der Waals surface area contributed by atoms with Crippen molar-refractivity contribution < 1.29 is 0 Å². The monoisotopic (exact) mass is 132 g/mol. The van der Waals surface area contributed by atoms with Gasteiger partial charge in [0.05, 0.1) is 0 Å². The van der Waals surface area contributed by atoms with E-state index < -0.39 is 0 Å². The third-order valence-electron chi connectivity index (χ3n) is 1.07. The van der Waals surface area contributed by atoms with Gasteiger partial charge in [0.25, 0.3) is 0 Å². The van der Waals surface area contributed by atoms with Crippen LogP contribution in [0.3, 0.4) is 0 Å². The average molecular weight is 133 g/mol. The number of hydrogen-bond donors (Lipinski definition) is 0. The minimum Gasteiger partial charge on any atom is -0.123 e. The van der Waals surface area contributed by atoms with Crippen molar-refractivity contribution >= 4 is 11.6 Å². The van der Waals surface area contributed by atoms with Gasteiger partial charge in [0, 0.05) is 5.38 Å². The first-order valence-corrected chi connectivity index (χ1v) is 3.41. The maximum atomic E-state index is 5.69. The molecule has 0 heterocycles. The van der Waals surface area contributed by atoms with Crippen molar-refractivity contribution in [3.63, 3.8) is 0 Å². The van der Waals surface area contributed by atoms with Crippen LogP contribution >= 0.6 is 11.6 Å². The average Bonchev–Trinajstić information content (AvgIpc) is 1.65. The first-order valence-electron chi connectivity index (χ1n) is 2.97. The van der Waals surface area contributed by atoms with Crippen LogP contribution in [-0.2, 0) is 0 Å². The van der Waals surface area contributed by atoms with Crippen LogP contribution in [0.5, 0.6) is 0 Å².